The summed E-state index contributed by atoms with van der Waals surface area (Å²) in [5.41, 5.74) is 2.71. The van der Waals surface area contributed by atoms with Gasteiger partial charge in [0.05, 0.1) is 12.2 Å². The van der Waals surface area contributed by atoms with Crippen molar-refractivity contribution in [1.82, 2.24) is 24.2 Å². The highest BCUT2D eigenvalue weighted by Gasteiger charge is 2.27. The first-order valence-corrected chi connectivity index (χ1v) is 9.46. The lowest BCUT2D eigenvalue weighted by atomic mass is 9.97. The second-order valence-corrected chi connectivity index (χ2v) is 7.40. The van der Waals surface area contributed by atoms with Crippen molar-refractivity contribution >= 4 is 0 Å². The number of aryl methyl sites for hydroxylation is 3. The Bertz CT molecular complexity index is 917. The lowest BCUT2D eigenvalue weighted by Crippen LogP contribution is -2.39. The predicted molar refractivity (Wildman–Crippen MR) is 98.0 cm³/mol. The largest absolute Gasteiger partial charge is 0.315 e. The standard InChI is InChI=1S/C19H25N5O2/c1-22-10-8-20-17(19(22)26)13-23-9-4-6-15(23)12-24-18(25)11-14-5-2-3-7-16(14)21-24/h8,10-11,15H,2-7,9,12-13H2,1H3. The minimum absolute atomic E-state index is 0.00810. The molecule has 138 valence electrons. The molecule has 1 aliphatic heterocycles. The van der Waals surface area contributed by atoms with Crippen LogP contribution in [-0.2, 0) is 33.0 Å². The SMILES string of the molecule is Cn1ccnc(CN2CCCC2Cn2nc3c(cc2=O)CCCC3)c1=O. The number of nitrogens with zero attached hydrogens (tertiary/aromatic N) is 5. The van der Waals surface area contributed by atoms with Gasteiger partial charge in [-0.1, -0.05) is 0 Å². The smallest absolute Gasteiger partial charge is 0.273 e. The van der Waals surface area contributed by atoms with Crippen LogP contribution < -0.4 is 11.1 Å². The quantitative estimate of drug-likeness (QED) is 0.814. The molecule has 1 saturated heterocycles. The lowest BCUT2D eigenvalue weighted by Gasteiger charge is -2.25. The van der Waals surface area contributed by atoms with Crippen LogP contribution in [0.2, 0.25) is 0 Å². The molecule has 26 heavy (non-hydrogen) atoms. The van der Waals surface area contributed by atoms with E-state index in [9.17, 15) is 9.59 Å². The molecule has 0 N–H and O–H groups in total. The van der Waals surface area contributed by atoms with Gasteiger partial charge in [-0.2, -0.15) is 5.10 Å². The number of rotatable bonds is 4. The molecule has 2 aromatic heterocycles. The van der Waals surface area contributed by atoms with Gasteiger partial charge in [0.25, 0.3) is 11.1 Å². The minimum Gasteiger partial charge on any atom is -0.315 e. The van der Waals surface area contributed by atoms with E-state index in [1.54, 1.807) is 34.8 Å². The van der Waals surface area contributed by atoms with Crippen molar-refractivity contribution in [2.75, 3.05) is 6.54 Å². The van der Waals surface area contributed by atoms with Crippen LogP contribution >= 0.6 is 0 Å². The molecule has 0 aromatic carbocycles. The maximum absolute atomic E-state index is 12.5. The van der Waals surface area contributed by atoms with E-state index in [2.05, 4.69) is 15.0 Å². The van der Waals surface area contributed by atoms with Gasteiger partial charge in [-0.3, -0.25) is 19.5 Å². The third-order valence-corrected chi connectivity index (χ3v) is 5.60. The Hall–Kier alpha value is -2.28. The monoisotopic (exact) mass is 355 g/mol. The topological polar surface area (TPSA) is 73.0 Å². The van der Waals surface area contributed by atoms with E-state index >= 15 is 0 Å². The van der Waals surface area contributed by atoms with E-state index in [1.165, 1.54) is 0 Å². The van der Waals surface area contributed by atoms with Crippen molar-refractivity contribution in [1.29, 1.82) is 0 Å². The first-order valence-electron chi connectivity index (χ1n) is 9.46. The van der Waals surface area contributed by atoms with Crippen LogP contribution in [0.5, 0.6) is 0 Å². The van der Waals surface area contributed by atoms with Crippen LogP contribution in [0.4, 0.5) is 0 Å². The highest BCUT2D eigenvalue weighted by molar-refractivity contribution is 5.20. The zero-order valence-corrected chi connectivity index (χ0v) is 15.2. The minimum atomic E-state index is -0.0535. The molecule has 1 unspecified atom stereocenters. The fourth-order valence-electron chi connectivity index (χ4n) is 4.09. The van der Waals surface area contributed by atoms with Gasteiger partial charge >= 0.3 is 0 Å². The van der Waals surface area contributed by atoms with E-state index in [1.807, 2.05) is 0 Å². The Labute approximate surface area is 152 Å². The molecule has 7 nitrogen and oxygen atoms in total. The molecule has 1 atom stereocenters. The maximum atomic E-state index is 12.5. The molecule has 1 fully saturated rings. The number of fused-ring (bicyclic) bond motifs is 1. The third kappa shape index (κ3) is 3.35. The molecule has 0 amide bonds. The molecule has 1 aliphatic carbocycles. The van der Waals surface area contributed by atoms with Crippen molar-refractivity contribution in [3.8, 4) is 0 Å². The number of hydrogen-bond donors (Lipinski definition) is 0. The summed E-state index contributed by atoms with van der Waals surface area (Å²) >= 11 is 0. The average molecular weight is 355 g/mol. The van der Waals surface area contributed by atoms with E-state index in [0.717, 1.165) is 56.3 Å². The van der Waals surface area contributed by atoms with Gasteiger partial charge in [0.2, 0.25) is 0 Å². The molecule has 0 saturated carbocycles. The first kappa shape index (κ1) is 17.1. The van der Waals surface area contributed by atoms with Crippen LogP contribution in [-0.4, -0.2) is 36.8 Å². The summed E-state index contributed by atoms with van der Waals surface area (Å²) in [6.45, 7) is 2.03. The van der Waals surface area contributed by atoms with Gasteiger partial charge in [-0.05, 0) is 50.6 Å². The zero-order valence-electron chi connectivity index (χ0n) is 15.2. The molecule has 0 spiro atoms. The number of aromatic nitrogens is 4. The Morgan fingerprint density at radius 2 is 2.04 bits per heavy atom. The highest BCUT2D eigenvalue weighted by atomic mass is 16.1. The van der Waals surface area contributed by atoms with Crippen molar-refractivity contribution in [2.24, 2.45) is 7.05 Å². The molecule has 4 rings (SSSR count). The summed E-state index contributed by atoms with van der Waals surface area (Å²) in [6.07, 6.45) is 9.65. The predicted octanol–water partition coefficient (Wildman–Crippen LogP) is 0.880. The van der Waals surface area contributed by atoms with Crippen LogP contribution in [0.1, 0.15) is 42.6 Å². The number of hydrogen-bond acceptors (Lipinski definition) is 5. The lowest BCUT2D eigenvalue weighted by molar-refractivity contribution is 0.212. The maximum Gasteiger partial charge on any atom is 0.273 e. The Kier molecular flexibility index (Phi) is 4.72. The Morgan fingerprint density at radius 3 is 2.92 bits per heavy atom. The van der Waals surface area contributed by atoms with Crippen LogP contribution in [0.15, 0.2) is 28.0 Å². The van der Waals surface area contributed by atoms with Gasteiger partial charge in [-0.25, -0.2) is 4.68 Å². The summed E-state index contributed by atoms with van der Waals surface area (Å²) in [4.78, 5) is 31.2. The number of likely N-dealkylation sites (tertiary alicyclic amines) is 1. The molecular formula is C19H25N5O2. The van der Waals surface area contributed by atoms with Crippen LogP contribution in [0.25, 0.3) is 0 Å². The van der Waals surface area contributed by atoms with E-state index in [4.69, 9.17) is 0 Å². The zero-order chi connectivity index (χ0) is 18.1. The fourth-order valence-corrected chi connectivity index (χ4v) is 4.09. The average Bonchev–Trinajstić information content (AvgIpc) is 3.06. The van der Waals surface area contributed by atoms with Gasteiger partial charge in [0, 0.05) is 38.1 Å². The molecule has 3 heterocycles. The molecule has 0 radical (unpaired) electrons. The fraction of sp³-hybridized carbons (Fsp3) is 0.579. The summed E-state index contributed by atoms with van der Waals surface area (Å²) in [6, 6.07) is 1.99. The first-order chi connectivity index (χ1) is 12.6. The van der Waals surface area contributed by atoms with E-state index in [0.29, 0.717) is 18.8 Å². The second kappa shape index (κ2) is 7.15. The second-order valence-electron chi connectivity index (χ2n) is 7.40. The van der Waals surface area contributed by atoms with Crippen LogP contribution in [0.3, 0.4) is 0 Å². The van der Waals surface area contributed by atoms with E-state index in [-0.39, 0.29) is 17.2 Å². The Morgan fingerprint density at radius 1 is 1.19 bits per heavy atom. The van der Waals surface area contributed by atoms with Crippen molar-refractivity contribution < 1.29 is 0 Å². The van der Waals surface area contributed by atoms with Gasteiger partial charge in [0.15, 0.2) is 0 Å². The summed E-state index contributed by atoms with van der Waals surface area (Å²) in [5.74, 6) is 0. The molecule has 0 bridgehead atoms. The van der Waals surface area contributed by atoms with Gasteiger partial charge in [-0.15, -0.1) is 0 Å². The van der Waals surface area contributed by atoms with Gasteiger partial charge < -0.3 is 4.57 Å². The van der Waals surface area contributed by atoms with Crippen molar-refractivity contribution in [3.63, 3.8) is 0 Å². The normalized spacial score (nSPS) is 20.3. The molecule has 2 aliphatic rings. The Balaban J connectivity index is 1.53. The molecular weight excluding hydrogens is 330 g/mol. The van der Waals surface area contributed by atoms with Gasteiger partial charge in [0.1, 0.15) is 5.69 Å². The highest BCUT2D eigenvalue weighted by Crippen LogP contribution is 2.21. The van der Waals surface area contributed by atoms with Crippen LogP contribution in [0, 0.1) is 0 Å². The van der Waals surface area contributed by atoms with Crippen molar-refractivity contribution in [3.05, 3.63) is 56.1 Å². The third-order valence-electron chi connectivity index (χ3n) is 5.60. The summed E-state index contributed by atoms with van der Waals surface area (Å²) in [5, 5.41) is 4.65. The van der Waals surface area contributed by atoms with Crippen molar-refractivity contribution in [2.45, 2.75) is 57.7 Å². The van der Waals surface area contributed by atoms with E-state index < -0.39 is 0 Å². The summed E-state index contributed by atoms with van der Waals surface area (Å²) in [7, 11) is 1.74. The molecule has 7 heteroatoms. The molecule has 2 aromatic rings. The summed E-state index contributed by atoms with van der Waals surface area (Å²) < 4.78 is 3.19.